The zero-order chi connectivity index (χ0) is 13.9. The third kappa shape index (κ3) is 3.37. The standard InChI is InChI=1S/C10H9F2NO5/c1-5-6(3-9(14)15)2-7(18-10(11)12)4-8(5)13(16)17/h2,4,10H,3H2,1H3,(H,14,15). The molecular weight excluding hydrogens is 252 g/mol. The molecule has 18 heavy (non-hydrogen) atoms. The molecule has 1 N–H and O–H groups in total. The first-order valence-corrected chi connectivity index (χ1v) is 4.75. The summed E-state index contributed by atoms with van der Waals surface area (Å²) in [6.07, 6.45) is -0.507. The number of carboxylic acids is 1. The number of nitrogens with zero attached hydrogens (tertiary/aromatic N) is 1. The second kappa shape index (κ2) is 5.39. The molecule has 0 aliphatic carbocycles. The molecule has 1 aromatic rings. The maximum atomic E-state index is 12.0. The van der Waals surface area contributed by atoms with Gasteiger partial charge in [-0.05, 0) is 18.6 Å². The van der Waals surface area contributed by atoms with Crippen LogP contribution in [0.4, 0.5) is 14.5 Å². The monoisotopic (exact) mass is 261 g/mol. The highest BCUT2D eigenvalue weighted by Gasteiger charge is 2.19. The van der Waals surface area contributed by atoms with Gasteiger partial charge in [0, 0.05) is 5.56 Å². The Morgan fingerprint density at radius 1 is 1.56 bits per heavy atom. The molecule has 0 saturated carbocycles. The Morgan fingerprint density at radius 2 is 2.17 bits per heavy atom. The SMILES string of the molecule is Cc1c(CC(=O)O)cc(OC(F)F)cc1[N+](=O)[O-]. The van der Waals surface area contributed by atoms with E-state index in [1.54, 1.807) is 0 Å². The number of hydrogen-bond acceptors (Lipinski definition) is 4. The van der Waals surface area contributed by atoms with Crippen LogP contribution in [0.25, 0.3) is 0 Å². The summed E-state index contributed by atoms with van der Waals surface area (Å²) in [5.41, 5.74) is -0.277. The van der Waals surface area contributed by atoms with Gasteiger partial charge in [0.2, 0.25) is 0 Å². The van der Waals surface area contributed by atoms with E-state index in [0.717, 1.165) is 12.1 Å². The lowest BCUT2D eigenvalue weighted by Crippen LogP contribution is -2.07. The predicted molar refractivity (Wildman–Crippen MR) is 55.8 cm³/mol. The van der Waals surface area contributed by atoms with Crippen LogP contribution in [0.5, 0.6) is 5.75 Å². The molecule has 1 aromatic carbocycles. The van der Waals surface area contributed by atoms with E-state index < -0.39 is 35.4 Å². The van der Waals surface area contributed by atoms with Crippen molar-refractivity contribution in [3.63, 3.8) is 0 Å². The average Bonchev–Trinajstić information content (AvgIpc) is 2.20. The summed E-state index contributed by atoms with van der Waals surface area (Å²) in [6, 6.07) is 1.90. The summed E-state index contributed by atoms with van der Waals surface area (Å²) >= 11 is 0. The lowest BCUT2D eigenvalue weighted by atomic mass is 10.0. The van der Waals surface area contributed by atoms with Crippen LogP contribution < -0.4 is 4.74 Å². The number of carboxylic acid groups (broad SMARTS) is 1. The smallest absolute Gasteiger partial charge is 0.387 e. The van der Waals surface area contributed by atoms with Crippen molar-refractivity contribution in [2.24, 2.45) is 0 Å². The minimum Gasteiger partial charge on any atom is -0.481 e. The zero-order valence-electron chi connectivity index (χ0n) is 9.22. The first-order chi connectivity index (χ1) is 8.31. The van der Waals surface area contributed by atoms with E-state index in [4.69, 9.17) is 5.11 Å². The second-order valence-corrected chi connectivity index (χ2v) is 3.43. The first kappa shape index (κ1) is 13.8. The normalized spacial score (nSPS) is 10.4. The number of nitro groups is 1. The average molecular weight is 261 g/mol. The Morgan fingerprint density at radius 3 is 2.61 bits per heavy atom. The summed E-state index contributed by atoms with van der Waals surface area (Å²) in [6.45, 7) is -1.78. The molecule has 0 bridgehead atoms. The van der Waals surface area contributed by atoms with Gasteiger partial charge >= 0.3 is 12.6 Å². The van der Waals surface area contributed by atoms with Gasteiger partial charge in [0.15, 0.2) is 0 Å². The minimum atomic E-state index is -3.13. The molecule has 8 heteroatoms. The fourth-order valence-electron chi connectivity index (χ4n) is 1.44. The number of alkyl halides is 2. The Balaban J connectivity index is 3.27. The number of aliphatic carboxylic acids is 1. The molecule has 6 nitrogen and oxygen atoms in total. The van der Waals surface area contributed by atoms with Gasteiger partial charge < -0.3 is 9.84 Å². The maximum absolute atomic E-state index is 12.0. The topological polar surface area (TPSA) is 89.7 Å². The van der Waals surface area contributed by atoms with Crippen LogP contribution in [0.1, 0.15) is 11.1 Å². The number of benzene rings is 1. The van der Waals surface area contributed by atoms with Gasteiger partial charge in [-0.15, -0.1) is 0 Å². The van der Waals surface area contributed by atoms with E-state index in [-0.39, 0.29) is 11.1 Å². The number of hydrogen-bond donors (Lipinski definition) is 1. The largest absolute Gasteiger partial charge is 0.481 e. The molecule has 0 atom stereocenters. The first-order valence-electron chi connectivity index (χ1n) is 4.75. The number of rotatable bonds is 5. The molecule has 1 rings (SSSR count). The summed E-state index contributed by atoms with van der Waals surface area (Å²) < 4.78 is 28.1. The molecule has 98 valence electrons. The van der Waals surface area contributed by atoms with Crippen molar-refractivity contribution in [2.45, 2.75) is 20.0 Å². The van der Waals surface area contributed by atoms with Crippen molar-refractivity contribution >= 4 is 11.7 Å². The van der Waals surface area contributed by atoms with Gasteiger partial charge in [-0.1, -0.05) is 0 Å². The second-order valence-electron chi connectivity index (χ2n) is 3.43. The van der Waals surface area contributed by atoms with Gasteiger partial charge in [-0.25, -0.2) is 0 Å². The van der Waals surface area contributed by atoms with E-state index >= 15 is 0 Å². The molecule has 0 unspecified atom stereocenters. The molecule has 0 spiro atoms. The third-order valence-electron chi connectivity index (χ3n) is 2.22. The van der Waals surface area contributed by atoms with E-state index in [0.29, 0.717) is 0 Å². The van der Waals surface area contributed by atoms with E-state index in [1.165, 1.54) is 6.92 Å². The summed E-state index contributed by atoms with van der Waals surface area (Å²) in [5, 5.41) is 19.3. The van der Waals surface area contributed by atoms with Crippen molar-refractivity contribution in [3.8, 4) is 5.75 Å². The Bertz CT molecular complexity index is 489. The number of nitro benzene ring substituents is 1. The summed E-state index contributed by atoms with van der Waals surface area (Å²) in [4.78, 5) is 20.5. The van der Waals surface area contributed by atoms with Gasteiger partial charge in [0.1, 0.15) is 5.75 Å². The molecule has 0 aromatic heterocycles. The zero-order valence-corrected chi connectivity index (χ0v) is 9.22. The van der Waals surface area contributed by atoms with Crippen LogP contribution in [0.3, 0.4) is 0 Å². The molecule has 0 saturated heterocycles. The highest BCUT2D eigenvalue weighted by atomic mass is 19.3. The van der Waals surface area contributed by atoms with Crippen molar-refractivity contribution in [3.05, 3.63) is 33.4 Å². The molecule has 0 amide bonds. The van der Waals surface area contributed by atoms with Crippen molar-refractivity contribution < 1.29 is 28.3 Å². The van der Waals surface area contributed by atoms with Gasteiger partial charge in [-0.3, -0.25) is 14.9 Å². The number of halogens is 2. The van der Waals surface area contributed by atoms with Crippen LogP contribution in [0, 0.1) is 17.0 Å². The Kier molecular flexibility index (Phi) is 4.13. The fraction of sp³-hybridized carbons (Fsp3) is 0.300. The summed E-state index contributed by atoms with van der Waals surface area (Å²) in [7, 11) is 0. The van der Waals surface area contributed by atoms with E-state index in [9.17, 15) is 23.7 Å². The molecule has 0 fully saturated rings. The maximum Gasteiger partial charge on any atom is 0.387 e. The quantitative estimate of drug-likeness (QED) is 0.647. The van der Waals surface area contributed by atoms with Crippen LogP contribution in [0.2, 0.25) is 0 Å². The molecule has 0 aliphatic rings. The molecule has 0 radical (unpaired) electrons. The Hall–Kier alpha value is -2.25. The third-order valence-corrected chi connectivity index (χ3v) is 2.22. The van der Waals surface area contributed by atoms with E-state index in [1.807, 2.05) is 0 Å². The van der Waals surface area contributed by atoms with Crippen molar-refractivity contribution in [1.82, 2.24) is 0 Å². The highest BCUT2D eigenvalue weighted by molar-refractivity contribution is 5.72. The molecule has 0 aliphatic heterocycles. The van der Waals surface area contributed by atoms with Crippen LogP contribution in [-0.2, 0) is 11.2 Å². The highest BCUT2D eigenvalue weighted by Crippen LogP contribution is 2.29. The lowest BCUT2D eigenvalue weighted by Gasteiger charge is -2.09. The van der Waals surface area contributed by atoms with Crippen LogP contribution >= 0.6 is 0 Å². The predicted octanol–water partition coefficient (Wildman–Crippen LogP) is 2.13. The van der Waals surface area contributed by atoms with Crippen molar-refractivity contribution in [1.29, 1.82) is 0 Å². The van der Waals surface area contributed by atoms with Gasteiger partial charge in [0.25, 0.3) is 5.69 Å². The molecular formula is C10H9F2NO5. The minimum absolute atomic E-state index is 0.0624. The Labute approximate surface area is 99.9 Å². The number of ether oxygens (including phenoxy) is 1. The molecule has 0 heterocycles. The van der Waals surface area contributed by atoms with Crippen molar-refractivity contribution in [2.75, 3.05) is 0 Å². The summed E-state index contributed by atoms with van der Waals surface area (Å²) in [5.74, 6) is -1.65. The van der Waals surface area contributed by atoms with Gasteiger partial charge in [0.05, 0.1) is 17.4 Å². The number of carbonyl (C=O) groups is 1. The lowest BCUT2D eigenvalue weighted by molar-refractivity contribution is -0.385. The fourth-order valence-corrected chi connectivity index (χ4v) is 1.44. The van der Waals surface area contributed by atoms with Gasteiger partial charge in [-0.2, -0.15) is 8.78 Å². The van der Waals surface area contributed by atoms with E-state index in [2.05, 4.69) is 4.74 Å². The van der Waals surface area contributed by atoms with Crippen LogP contribution in [-0.4, -0.2) is 22.6 Å². The van der Waals surface area contributed by atoms with Crippen LogP contribution in [0.15, 0.2) is 12.1 Å².